The molecule has 0 spiro atoms. The molecule has 0 bridgehead atoms. The first-order valence-electron chi connectivity index (χ1n) is 5.73. The standard InChI is InChI=1S/C13H17BrN4/c1-17(2)10-6-4-9(5-7-10)13-16-12(14)11(8-15)18(13)3/h4-7H,8,15H2,1-3H3. The molecule has 18 heavy (non-hydrogen) atoms. The van der Waals surface area contributed by atoms with E-state index in [1.54, 1.807) is 0 Å². The van der Waals surface area contributed by atoms with Gasteiger partial charge in [-0.3, -0.25) is 0 Å². The van der Waals surface area contributed by atoms with E-state index in [4.69, 9.17) is 5.73 Å². The van der Waals surface area contributed by atoms with E-state index in [9.17, 15) is 0 Å². The Balaban J connectivity index is 2.43. The molecule has 0 aliphatic carbocycles. The molecular weight excluding hydrogens is 292 g/mol. The van der Waals surface area contributed by atoms with E-state index >= 15 is 0 Å². The first-order chi connectivity index (χ1) is 8.54. The van der Waals surface area contributed by atoms with Crippen molar-refractivity contribution in [2.75, 3.05) is 19.0 Å². The molecule has 0 amide bonds. The highest BCUT2D eigenvalue weighted by Gasteiger charge is 2.12. The highest BCUT2D eigenvalue weighted by molar-refractivity contribution is 9.10. The van der Waals surface area contributed by atoms with E-state index in [1.165, 1.54) is 5.69 Å². The monoisotopic (exact) mass is 308 g/mol. The minimum atomic E-state index is 0.472. The molecule has 1 heterocycles. The van der Waals surface area contributed by atoms with Gasteiger partial charge in [0, 0.05) is 38.9 Å². The quantitative estimate of drug-likeness (QED) is 0.947. The number of aromatic nitrogens is 2. The summed E-state index contributed by atoms with van der Waals surface area (Å²) in [5, 5.41) is 0. The maximum atomic E-state index is 5.71. The second-order valence-corrected chi connectivity index (χ2v) is 5.13. The molecule has 5 heteroatoms. The van der Waals surface area contributed by atoms with Crippen LogP contribution in [0.4, 0.5) is 5.69 Å². The van der Waals surface area contributed by atoms with E-state index in [1.807, 2.05) is 25.7 Å². The van der Waals surface area contributed by atoms with Crippen LogP contribution in [-0.2, 0) is 13.6 Å². The van der Waals surface area contributed by atoms with E-state index < -0.39 is 0 Å². The zero-order valence-corrected chi connectivity index (χ0v) is 12.4. The minimum absolute atomic E-state index is 0.472. The maximum absolute atomic E-state index is 5.71. The summed E-state index contributed by atoms with van der Waals surface area (Å²) in [5.41, 5.74) is 8.97. The van der Waals surface area contributed by atoms with Gasteiger partial charge in [0.25, 0.3) is 0 Å². The van der Waals surface area contributed by atoms with Gasteiger partial charge in [-0.25, -0.2) is 4.98 Å². The zero-order valence-electron chi connectivity index (χ0n) is 10.8. The van der Waals surface area contributed by atoms with E-state index in [0.717, 1.165) is 21.7 Å². The molecule has 2 aromatic rings. The van der Waals surface area contributed by atoms with Gasteiger partial charge in [-0.05, 0) is 40.2 Å². The van der Waals surface area contributed by atoms with Crippen molar-refractivity contribution in [3.8, 4) is 11.4 Å². The lowest BCUT2D eigenvalue weighted by Crippen LogP contribution is -2.08. The molecule has 1 aromatic carbocycles. The number of nitrogens with two attached hydrogens (primary N) is 1. The van der Waals surface area contributed by atoms with Crippen LogP contribution < -0.4 is 10.6 Å². The van der Waals surface area contributed by atoms with Gasteiger partial charge >= 0.3 is 0 Å². The van der Waals surface area contributed by atoms with Crippen LogP contribution in [0.3, 0.4) is 0 Å². The van der Waals surface area contributed by atoms with E-state index in [0.29, 0.717) is 6.54 Å². The summed E-state index contributed by atoms with van der Waals surface area (Å²) < 4.78 is 2.84. The Morgan fingerprint density at radius 2 is 1.89 bits per heavy atom. The van der Waals surface area contributed by atoms with Crippen molar-refractivity contribution in [2.24, 2.45) is 12.8 Å². The predicted molar refractivity (Wildman–Crippen MR) is 78.6 cm³/mol. The fourth-order valence-electron chi connectivity index (χ4n) is 1.89. The highest BCUT2D eigenvalue weighted by Crippen LogP contribution is 2.26. The number of benzene rings is 1. The summed E-state index contributed by atoms with van der Waals surface area (Å²) in [7, 11) is 6.03. The second kappa shape index (κ2) is 5.12. The van der Waals surface area contributed by atoms with Crippen molar-refractivity contribution < 1.29 is 0 Å². The molecule has 0 saturated carbocycles. The van der Waals surface area contributed by atoms with Gasteiger partial charge in [0.1, 0.15) is 10.4 Å². The van der Waals surface area contributed by atoms with Gasteiger partial charge in [-0.1, -0.05) is 0 Å². The summed E-state index contributed by atoms with van der Waals surface area (Å²) in [6.45, 7) is 0.472. The first-order valence-corrected chi connectivity index (χ1v) is 6.52. The Morgan fingerprint density at radius 3 is 2.33 bits per heavy atom. The summed E-state index contributed by atoms with van der Waals surface area (Å²) in [4.78, 5) is 6.58. The lowest BCUT2D eigenvalue weighted by atomic mass is 10.2. The predicted octanol–water partition coefficient (Wildman–Crippen LogP) is 2.37. The Kier molecular flexibility index (Phi) is 3.73. The molecule has 0 radical (unpaired) electrons. The van der Waals surface area contributed by atoms with Crippen LogP contribution >= 0.6 is 15.9 Å². The van der Waals surface area contributed by atoms with E-state index in [2.05, 4.69) is 50.1 Å². The maximum Gasteiger partial charge on any atom is 0.141 e. The Bertz CT molecular complexity index is 543. The average molecular weight is 309 g/mol. The fourth-order valence-corrected chi connectivity index (χ4v) is 2.48. The first kappa shape index (κ1) is 13.1. The zero-order chi connectivity index (χ0) is 13.3. The SMILES string of the molecule is CN(C)c1ccc(-c2nc(Br)c(CN)n2C)cc1. The van der Waals surface area contributed by atoms with Gasteiger partial charge in [0.2, 0.25) is 0 Å². The molecule has 2 N–H and O–H groups in total. The number of rotatable bonds is 3. The van der Waals surface area contributed by atoms with Crippen LogP contribution in [-0.4, -0.2) is 23.6 Å². The number of anilines is 1. The number of nitrogens with zero attached hydrogens (tertiary/aromatic N) is 3. The number of imidazole rings is 1. The lowest BCUT2D eigenvalue weighted by Gasteiger charge is -2.12. The topological polar surface area (TPSA) is 47.1 Å². The summed E-state index contributed by atoms with van der Waals surface area (Å²) >= 11 is 3.44. The largest absolute Gasteiger partial charge is 0.378 e. The van der Waals surface area contributed by atoms with Crippen molar-refractivity contribution in [1.82, 2.24) is 9.55 Å². The molecule has 0 aliphatic rings. The summed E-state index contributed by atoms with van der Waals surface area (Å²) in [5.74, 6) is 0.924. The smallest absolute Gasteiger partial charge is 0.141 e. The molecule has 1 aromatic heterocycles. The number of hydrogen-bond donors (Lipinski definition) is 1. The van der Waals surface area contributed by atoms with Gasteiger partial charge in [-0.2, -0.15) is 0 Å². The van der Waals surface area contributed by atoms with Crippen molar-refractivity contribution in [2.45, 2.75) is 6.54 Å². The van der Waals surface area contributed by atoms with Crippen LogP contribution in [0.25, 0.3) is 11.4 Å². The molecule has 0 aliphatic heterocycles. The number of hydrogen-bond acceptors (Lipinski definition) is 3. The fraction of sp³-hybridized carbons (Fsp3) is 0.308. The third-order valence-electron chi connectivity index (χ3n) is 3.00. The lowest BCUT2D eigenvalue weighted by molar-refractivity contribution is 0.825. The number of halogens is 1. The average Bonchev–Trinajstić information content (AvgIpc) is 2.64. The highest BCUT2D eigenvalue weighted by atomic mass is 79.9. The van der Waals surface area contributed by atoms with E-state index in [-0.39, 0.29) is 0 Å². The third kappa shape index (κ3) is 2.28. The van der Waals surface area contributed by atoms with Gasteiger partial charge in [0.05, 0.1) is 5.69 Å². The van der Waals surface area contributed by atoms with Crippen molar-refractivity contribution in [3.05, 3.63) is 34.6 Å². The summed E-state index contributed by atoms with van der Waals surface area (Å²) in [6, 6.07) is 8.31. The van der Waals surface area contributed by atoms with Crippen molar-refractivity contribution >= 4 is 21.6 Å². The molecule has 0 fully saturated rings. The summed E-state index contributed by atoms with van der Waals surface area (Å²) in [6.07, 6.45) is 0. The normalized spacial score (nSPS) is 10.7. The van der Waals surface area contributed by atoms with Gasteiger partial charge in [-0.15, -0.1) is 0 Å². The van der Waals surface area contributed by atoms with Crippen LogP contribution in [0.2, 0.25) is 0 Å². The van der Waals surface area contributed by atoms with Crippen LogP contribution in [0.5, 0.6) is 0 Å². The Hall–Kier alpha value is -1.33. The van der Waals surface area contributed by atoms with Crippen LogP contribution in [0.15, 0.2) is 28.9 Å². The molecule has 2 rings (SSSR count). The van der Waals surface area contributed by atoms with Gasteiger partial charge in [0.15, 0.2) is 0 Å². The minimum Gasteiger partial charge on any atom is -0.378 e. The molecule has 4 nitrogen and oxygen atoms in total. The van der Waals surface area contributed by atoms with Crippen molar-refractivity contribution in [3.63, 3.8) is 0 Å². The Morgan fingerprint density at radius 1 is 1.28 bits per heavy atom. The molecule has 0 atom stereocenters. The third-order valence-corrected chi connectivity index (χ3v) is 3.64. The van der Waals surface area contributed by atoms with Crippen molar-refractivity contribution in [1.29, 1.82) is 0 Å². The Labute approximate surface area is 116 Å². The van der Waals surface area contributed by atoms with Crippen LogP contribution in [0, 0.1) is 0 Å². The second-order valence-electron chi connectivity index (χ2n) is 4.38. The molecular formula is C13H17BrN4. The molecule has 96 valence electrons. The van der Waals surface area contributed by atoms with Gasteiger partial charge < -0.3 is 15.2 Å². The molecule has 0 saturated heterocycles. The molecule has 0 unspecified atom stereocenters. The van der Waals surface area contributed by atoms with Crippen LogP contribution in [0.1, 0.15) is 5.69 Å².